The third kappa shape index (κ3) is 1.60. The van der Waals surface area contributed by atoms with Gasteiger partial charge in [-0.1, -0.05) is 18.3 Å². The first-order valence-corrected chi connectivity index (χ1v) is 4.88. The lowest BCUT2D eigenvalue weighted by Crippen LogP contribution is -2.03. The molecule has 0 aliphatic carbocycles. The van der Waals surface area contributed by atoms with Crippen LogP contribution in [0.4, 0.5) is 0 Å². The standard InChI is InChI=1S/C5H8N2OS2/c1-4(2)10(8)5-3-6-7-9-5/h3-4H,1-2H3/t10-/m1/s1. The lowest BCUT2D eigenvalue weighted by atomic mass is 10.6. The summed E-state index contributed by atoms with van der Waals surface area (Å²) in [4.78, 5) is 0. The molecule has 0 radical (unpaired) electrons. The van der Waals surface area contributed by atoms with Gasteiger partial charge in [0.05, 0.1) is 17.0 Å². The Kier molecular flexibility index (Phi) is 2.50. The Morgan fingerprint density at radius 3 is 2.80 bits per heavy atom. The van der Waals surface area contributed by atoms with Gasteiger partial charge in [0.25, 0.3) is 0 Å². The topological polar surface area (TPSA) is 42.9 Å². The van der Waals surface area contributed by atoms with E-state index >= 15 is 0 Å². The Labute approximate surface area is 66.1 Å². The average Bonchev–Trinajstić information content (AvgIpc) is 2.36. The molecule has 1 aromatic heterocycles. The zero-order valence-corrected chi connectivity index (χ0v) is 7.41. The van der Waals surface area contributed by atoms with Crippen molar-refractivity contribution in [1.29, 1.82) is 0 Å². The normalized spacial score (nSPS) is 13.9. The summed E-state index contributed by atoms with van der Waals surface area (Å²) in [5, 5.41) is 3.76. The van der Waals surface area contributed by atoms with Crippen molar-refractivity contribution in [1.82, 2.24) is 9.59 Å². The van der Waals surface area contributed by atoms with E-state index in [1.165, 1.54) is 11.5 Å². The van der Waals surface area contributed by atoms with Gasteiger partial charge >= 0.3 is 0 Å². The van der Waals surface area contributed by atoms with Gasteiger partial charge in [-0.2, -0.15) is 0 Å². The summed E-state index contributed by atoms with van der Waals surface area (Å²) in [6, 6.07) is 0. The molecule has 56 valence electrons. The first-order chi connectivity index (χ1) is 4.72. The summed E-state index contributed by atoms with van der Waals surface area (Å²) in [6.45, 7) is 3.83. The molecule has 0 N–H and O–H groups in total. The highest BCUT2D eigenvalue weighted by molar-refractivity contribution is 7.87. The van der Waals surface area contributed by atoms with Crippen LogP contribution in [0.25, 0.3) is 0 Å². The first kappa shape index (κ1) is 7.81. The molecule has 0 saturated carbocycles. The predicted molar refractivity (Wildman–Crippen MR) is 41.5 cm³/mol. The van der Waals surface area contributed by atoms with Gasteiger partial charge in [-0.3, -0.25) is 4.21 Å². The minimum absolute atomic E-state index is 0.155. The molecule has 1 atom stereocenters. The molecule has 0 aliphatic rings. The zero-order chi connectivity index (χ0) is 7.56. The van der Waals surface area contributed by atoms with Gasteiger partial charge in [0.1, 0.15) is 4.21 Å². The van der Waals surface area contributed by atoms with Crippen LogP contribution in [0, 0.1) is 0 Å². The monoisotopic (exact) mass is 176 g/mol. The molecule has 0 unspecified atom stereocenters. The Bertz CT molecular complexity index is 220. The van der Waals surface area contributed by atoms with E-state index in [4.69, 9.17) is 0 Å². The summed E-state index contributed by atoms with van der Waals surface area (Å²) >= 11 is 1.20. The van der Waals surface area contributed by atoms with Crippen molar-refractivity contribution in [2.24, 2.45) is 0 Å². The minimum Gasteiger partial charge on any atom is -0.253 e. The highest BCUT2D eigenvalue weighted by atomic mass is 32.2. The molecule has 0 aromatic carbocycles. The van der Waals surface area contributed by atoms with E-state index in [0.717, 1.165) is 4.21 Å². The maximum absolute atomic E-state index is 11.2. The highest BCUT2D eigenvalue weighted by Gasteiger charge is 2.09. The Morgan fingerprint density at radius 2 is 2.40 bits per heavy atom. The Hall–Kier alpha value is -0.290. The third-order valence-corrected chi connectivity index (χ3v) is 3.50. The van der Waals surface area contributed by atoms with Gasteiger partial charge in [-0.25, -0.2) is 0 Å². The molecule has 1 rings (SSSR count). The lowest BCUT2D eigenvalue weighted by molar-refractivity contribution is 0.678. The molecular formula is C5H8N2OS2. The van der Waals surface area contributed by atoms with E-state index in [0.29, 0.717) is 0 Å². The summed E-state index contributed by atoms with van der Waals surface area (Å²) in [6.07, 6.45) is 1.56. The SMILES string of the molecule is CC(C)[S@@](=O)c1cnns1. The largest absolute Gasteiger partial charge is 0.253 e. The summed E-state index contributed by atoms with van der Waals surface area (Å²) in [7, 11) is -0.910. The molecular weight excluding hydrogens is 168 g/mol. The number of aromatic nitrogens is 2. The smallest absolute Gasteiger partial charge is 0.132 e. The number of hydrogen-bond acceptors (Lipinski definition) is 4. The predicted octanol–water partition coefficient (Wildman–Crippen LogP) is 1.05. The van der Waals surface area contributed by atoms with E-state index in [1.54, 1.807) is 6.20 Å². The lowest BCUT2D eigenvalue weighted by Gasteiger charge is -1.98. The number of nitrogens with zero attached hydrogens (tertiary/aromatic N) is 2. The second-order valence-electron chi connectivity index (χ2n) is 2.08. The van der Waals surface area contributed by atoms with Crippen molar-refractivity contribution >= 4 is 22.3 Å². The van der Waals surface area contributed by atoms with Crippen molar-refractivity contribution in [2.45, 2.75) is 23.3 Å². The molecule has 0 amide bonds. The molecule has 0 aliphatic heterocycles. The molecule has 1 heterocycles. The summed E-state index contributed by atoms with van der Waals surface area (Å²) in [5.41, 5.74) is 0. The average molecular weight is 176 g/mol. The van der Waals surface area contributed by atoms with Crippen LogP contribution in [0.1, 0.15) is 13.8 Å². The first-order valence-electron chi connectivity index (χ1n) is 2.89. The van der Waals surface area contributed by atoms with Crippen LogP contribution < -0.4 is 0 Å². The van der Waals surface area contributed by atoms with Gasteiger partial charge < -0.3 is 0 Å². The Balaban J connectivity index is 2.78. The van der Waals surface area contributed by atoms with Crippen LogP contribution in [0.15, 0.2) is 10.4 Å². The second kappa shape index (κ2) is 3.21. The van der Waals surface area contributed by atoms with E-state index in [9.17, 15) is 4.21 Å². The summed E-state index contributed by atoms with van der Waals surface area (Å²) in [5.74, 6) is 0. The van der Waals surface area contributed by atoms with Crippen molar-refractivity contribution in [3.05, 3.63) is 6.20 Å². The molecule has 10 heavy (non-hydrogen) atoms. The van der Waals surface area contributed by atoms with E-state index < -0.39 is 10.8 Å². The minimum atomic E-state index is -0.910. The fourth-order valence-electron chi connectivity index (χ4n) is 0.479. The van der Waals surface area contributed by atoms with Crippen LogP contribution in [0.3, 0.4) is 0 Å². The quantitative estimate of drug-likeness (QED) is 0.676. The van der Waals surface area contributed by atoms with Crippen molar-refractivity contribution < 1.29 is 4.21 Å². The fraction of sp³-hybridized carbons (Fsp3) is 0.600. The molecule has 3 nitrogen and oxygen atoms in total. The molecule has 0 saturated heterocycles. The second-order valence-corrected chi connectivity index (χ2v) is 5.10. The van der Waals surface area contributed by atoms with E-state index in [-0.39, 0.29) is 5.25 Å². The van der Waals surface area contributed by atoms with Gasteiger partial charge in [0, 0.05) is 5.25 Å². The maximum atomic E-state index is 11.2. The number of hydrogen-bond donors (Lipinski definition) is 0. The van der Waals surface area contributed by atoms with Crippen LogP contribution >= 0.6 is 11.5 Å². The Morgan fingerprint density at radius 1 is 1.70 bits per heavy atom. The molecule has 5 heteroatoms. The van der Waals surface area contributed by atoms with Gasteiger partial charge in [-0.05, 0) is 11.5 Å². The van der Waals surface area contributed by atoms with Gasteiger partial charge in [0.15, 0.2) is 0 Å². The summed E-state index contributed by atoms with van der Waals surface area (Å²) < 4.78 is 15.6. The maximum Gasteiger partial charge on any atom is 0.132 e. The van der Waals surface area contributed by atoms with E-state index in [1.807, 2.05) is 13.8 Å². The molecule has 0 bridgehead atoms. The van der Waals surface area contributed by atoms with Crippen LogP contribution in [-0.2, 0) is 10.8 Å². The van der Waals surface area contributed by atoms with E-state index in [2.05, 4.69) is 9.59 Å². The molecule has 0 fully saturated rings. The highest BCUT2D eigenvalue weighted by Crippen LogP contribution is 2.12. The van der Waals surface area contributed by atoms with Crippen molar-refractivity contribution in [3.8, 4) is 0 Å². The third-order valence-electron chi connectivity index (χ3n) is 0.968. The number of rotatable bonds is 2. The fourth-order valence-corrected chi connectivity index (χ4v) is 2.33. The van der Waals surface area contributed by atoms with Crippen molar-refractivity contribution in [2.75, 3.05) is 0 Å². The van der Waals surface area contributed by atoms with Gasteiger partial charge in [-0.15, -0.1) is 5.10 Å². The van der Waals surface area contributed by atoms with Crippen LogP contribution in [0.2, 0.25) is 0 Å². The van der Waals surface area contributed by atoms with Gasteiger partial charge in [0.2, 0.25) is 0 Å². The molecule has 0 spiro atoms. The van der Waals surface area contributed by atoms with Crippen molar-refractivity contribution in [3.63, 3.8) is 0 Å². The molecule has 1 aromatic rings. The van der Waals surface area contributed by atoms with Crippen LogP contribution in [-0.4, -0.2) is 19.0 Å². The van der Waals surface area contributed by atoms with Crippen LogP contribution in [0.5, 0.6) is 0 Å². The zero-order valence-electron chi connectivity index (χ0n) is 5.77.